The van der Waals surface area contributed by atoms with E-state index in [2.05, 4.69) is 14.9 Å². The number of ether oxygens (including phenoxy) is 1. The molecule has 2 N–H and O–H groups in total. The Balaban J connectivity index is 1.59. The molecule has 29 heavy (non-hydrogen) atoms. The van der Waals surface area contributed by atoms with Crippen molar-refractivity contribution in [3.05, 3.63) is 59.5 Å². The number of carbonyl (C=O) groups is 1. The van der Waals surface area contributed by atoms with Gasteiger partial charge in [-0.3, -0.25) is 4.79 Å². The van der Waals surface area contributed by atoms with E-state index in [4.69, 9.17) is 10.3 Å². The topological polar surface area (TPSA) is 94.5 Å². The lowest BCUT2D eigenvalue weighted by molar-refractivity contribution is -0.0494. The Bertz CT molecular complexity index is 1040. The molecule has 0 radical (unpaired) electrons. The molecule has 1 aliphatic rings. The number of hydrogen-bond donors (Lipinski definition) is 1. The number of nitrogens with zero attached hydrogens (tertiary/aromatic N) is 3. The lowest BCUT2D eigenvalue weighted by atomic mass is 9.96. The molecule has 0 saturated carbocycles. The molecular weight excluding hydrogens is 382 g/mol. The van der Waals surface area contributed by atoms with Crippen molar-refractivity contribution in [2.24, 2.45) is 5.73 Å². The van der Waals surface area contributed by atoms with E-state index < -0.39 is 12.5 Å². The Morgan fingerprint density at radius 1 is 1.24 bits per heavy atom. The number of aromatic nitrogens is 2. The van der Waals surface area contributed by atoms with Crippen LogP contribution < -0.4 is 15.4 Å². The van der Waals surface area contributed by atoms with Crippen LogP contribution in [0.15, 0.2) is 47.0 Å². The summed E-state index contributed by atoms with van der Waals surface area (Å²) in [6.07, 6.45) is 1.61. The maximum absolute atomic E-state index is 12.6. The predicted molar refractivity (Wildman–Crippen MR) is 101 cm³/mol. The molecule has 4 rings (SSSR count). The minimum absolute atomic E-state index is 0.0238. The van der Waals surface area contributed by atoms with Crippen LogP contribution in [0, 0.1) is 0 Å². The van der Waals surface area contributed by atoms with Gasteiger partial charge in [-0.05, 0) is 42.7 Å². The zero-order valence-electron chi connectivity index (χ0n) is 15.3. The van der Waals surface area contributed by atoms with Crippen molar-refractivity contribution in [2.45, 2.75) is 26.0 Å². The summed E-state index contributed by atoms with van der Waals surface area (Å²) in [7, 11) is 0. The molecule has 2 aromatic carbocycles. The van der Waals surface area contributed by atoms with Crippen LogP contribution in [0.3, 0.4) is 0 Å². The Labute approximate surface area is 165 Å². The number of hydrogen-bond acceptors (Lipinski definition) is 6. The molecule has 0 unspecified atom stereocenters. The first kappa shape index (κ1) is 18.9. The summed E-state index contributed by atoms with van der Waals surface area (Å²) < 4.78 is 35.1. The van der Waals surface area contributed by atoms with Crippen molar-refractivity contribution in [3.8, 4) is 17.1 Å². The summed E-state index contributed by atoms with van der Waals surface area (Å²) >= 11 is 0. The maximum atomic E-state index is 12.6. The SMILES string of the molecule is NC(=O)c1cccc2c1CCCN2Cc1nc(-c2ccccc2OC(F)F)no1. The summed E-state index contributed by atoms with van der Waals surface area (Å²) in [5.41, 5.74) is 8.12. The number of benzene rings is 2. The second-order valence-electron chi connectivity index (χ2n) is 6.58. The Kier molecular flexibility index (Phi) is 5.11. The first-order valence-electron chi connectivity index (χ1n) is 9.06. The number of amides is 1. The highest BCUT2D eigenvalue weighted by Crippen LogP contribution is 2.32. The van der Waals surface area contributed by atoms with Crippen LogP contribution in [0.1, 0.15) is 28.2 Å². The Hall–Kier alpha value is -3.49. The summed E-state index contributed by atoms with van der Waals surface area (Å²) in [6, 6.07) is 11.7. The van der Waals surface area contributed by atoms with Crippen LogP contribution in [-0.2, 0) is 13.0 Å². The number of carbonyl (C=O) groups excluding carboxylic acids is 1. The minimum atomic E-state index is -2.95. The van der Waals surface area contributed by atoms with Gasteiger partial charge in [-0.2, -0.15) is 13.8 Å². The Morgan fingerprint density at radius 3 is 2.86 bits per heavy atom. The van der Waals surface area contributed by atoms with Gasteiger partial charge in [-0.15, -0.1) is 0 Å². The zero-order valence-corrected chi connectivity index (χ0v) is 15.3. The summed E-state index contributed by atoms with van der Waals surface area (Å²) in [4.78, 5) is 18.1. The molecule has 0 spiro atoms. The molecule has 3 aromatic rings. The van der Waals surface area contributed by atoms with Crippen LogP contribution in [0.2, 0.25) is 0 Å². The highest BCUT2D eigenvalue weighted by Gasteiger charge is 2.23. The molecule has 1 aliphatic heterocycles. The van der Waals surface area contributed by atoms with Gasteiger partial charge < -0.3 is 19.9 Å². The first-order chi connectivity index (χ1) is 14.0. The third-order valence-electron chi connectivity index (χ3n) is 4.75. The van der Waals surface area contributed by atoms with Gasteiger partial charge in [-0.1, -0.05) is 23.4 Å². The number of anilines is 1. The molecule has 0 saturated heterocycles. The van der Waals surface area contributed by atoms with Crippen LogP contribution in [-0.4, -0.2) is 29.2 Å². The van der Waals surface area contributed by atoms with Gasteiger partial charge in [-0.25, -0.2) is 0 Å². The minimum Gasteiger partial charge on any atom is -0.434 e. The van der Waals surface area contributed by atoms with E-state index in [-0.39, 0.29) is 11.6 Å². The molecular formula is C20H18F2N4O3. The van der Waals surface area contributed by atoms with Crippen molar-refractivity contribution in [1.29, 1.82) is 0 Å². The number of primary amides is 1. The van der Waals surface area contributed by atoms with Crippen LogP contribution in [0.5, 0.6) is 5.75 Å². The zero-order chi connectivity index (χ0) is 20.4. The highest BCUT2D eigenvalue weighted by molar-refractivity contribution is 5.96. The van der Waals surface area contributed by atoms with Gasteiger partial charge in [0.15, 0.2) is 0 Å². The van der Waals surface area contributed by atoms with E-state index >= 15 is 0 Å². The van der Waals surface area contributed by atoms with Gasteiger partial charge in [0.1, 0.15) is 5.75 Å². The fraction of sp³-hybridized carbons (Fsp3) is 0.250. The quantitative estimate of drug-likeness (QED) is 0.682. The normalized spacial score (nSPS) is 13.4. The maximum Gasteiger partial charge on any atom is 0.387 e. The second kappa shape index (κ2) is 7.86. The molecule has 0 fully saturated rings. The van der Waals surface area contributed by atoms with Gasteiger partial charge >= 0.3 is 6.61 Å². The first-order valence-corrected chi connectivity index (χ1v) is 9.06. The van der Waals surface area contributed by atoms with E-state index in [0.29, 0.717) is 23.6 Å². The summed E-state index contributed by atoms with van der Waals surface area (Å²) in [5, 5.41) is 3.91. The number of para-hydroxylation sites is 1. The van der Waals surface area contributed by atoms with Crippen molar-refractivity contribution in [3.63, 3.8) is 0 Å². The monoisotopic (exact) mass is 400 g/mol. The van der Waals surface area contributed by atoms with Crippen LogP contribution >= 0.6 is 0 Å². The number of halogens is 2. The van der Waals surface area contributed by atoms with Gasteiger partial charge in [0.2, 0.25) is 17.6 Å². The number of nitrogens with two attached hydrogens (primary N) is 1. The Morgan fingerprint density at radius 2 is 2.07 bits per heavy atom. The number of alkyl halides is 2. The van der Waals surface area contributed by atoms with Crippen LogP contribution in [0.25, 0.3) is 11.4 Å². The van der Waals surface area contributed by atoms with Gasteiger partial charge in [0, 0.05) is 17.8 Å². The summed E-state index contributed by atoms with van der Waals surface area (Å²) in [5.74, 6) is 0.00669. The fourth-order valence-corrected chi connectivity index (χ4v) is 3.54. The molecule has 0 bridgehead atoms. The average Bonchev–Trinajstić information content (AvgIpc) is 3.16. The van der Waals surface area contributed by atoms with E-state index in [0.717, 1.165) is 30.6 Å². The smallest absolute Gasteiger partial charge is 0.387 e. The third-order valence-corrected chi connectivity index (χ3v) is 4.75. The van der Waals surface area contributed by atoms with E-state index in [1.54, 1.807) is 30.3 Å². The van der Waals surface area contributed by atoms with Gasteiger partial charge in [0.25, 0.3) is 0 Å². The lowest BCUT2D eigenvalue weighted by Crippen LogP contribution is -2.30. The molecule has 7 nitrogen and oxygen atoms in total. The van der Waals surface area contributed by atoms with Gasteiger partial charge in [0.05, 0.1) is 12.1 Å². The largest absolute Gasteiger partial charge is 0.434 e. The third kappa shape index (κ3) is 3.89. The number of fused-ring (bicyclic) bond motifs is 1. The van der Waals surface area contributed by atoms with E-state index in [1.807, 2.05) is 11.0 Å². The fourth-order valence-electron chi connectivity index (χ4n) is 3.54. The molecule has 150 valence electrons. The van der Waals surface area contributed by atoms with E-state index in [9.17, 15) is 13.6 Å². The molecule has 0 atom stereocenters. The van der Waals surface area contributed by atoms with Crippen molar-refractivity contribution in [1.82, 2.24) is 10.1 Å². The highest BCUT2D eigenvalue weighted by atomic mass is 19.3. The molecule has 1 amide bonds. The van der Waals surface area contributed by atoms with E-state index in [1.165, 1.54) is 6.07 Å². The second-order valence-corrected chi connectivity index (χ2v) is 6.58. The van der Waals surface area contributed by atoms with Crippen LogP contribution in [0.4, 0.5) is 14.5 Å². The number of rotatable bonds is 6. The average molecular weight is 400 g/mol. The summed E-state index contributed by atoms with van der Waals surface area (Å²) in [6.45, 7) is -1.88. The van der Waals surface area contributed by atoms with Crippen molar-refractivity contribution >= 4 is 11.6 Å². The van der Waals surface area contributed by atoms with Crippen molar-refractivity contribution in [2.75, 3.05) is 11.4 Å². The molecule has 0 aliphatic carbocycles. The molecule has 2 heterocycles. The molecule has 1 aromatic heterocycles. The lowest BCUT2D eigenvalue weighted by Gasteiger charge is -2.31. The molecule has 9 heteroatoms. The predicted octanol–water partition coefficient (Wildman–Crippen LogP) is 3.39. The standard InChI is InChI=1S/C20H18F2N4O3/c21-20(22)28-16-9-2-1-5-14(16)19-24-17(29-25-19)11-26-10-4-7-12-13(18(23)27)6-3-8-15(12)26/h1-3,5-6,8-9,20H,4,7,10-11H2,(H2,23,27). The van der Waals surface area contributed by atoms with Crippen molar-refractivity contribution < 1.29 is 22.8 Å².